The quantitative estimate of drug-likeness (QED) is 0.673. The van der Waals surface area contributed by atoms with Gasteiger partial charge in [-0.15, -0.1) is 0 Å². The summed E-state index contributed by atoms with van der Waals surface area (Å²) in [6.07, 6.45) is 11.3. The fourth-order valence-electron chi connectivity index (χ4n) is 1.57. The molecule has 80 valence electrons. The van der Waals surface area contributed by atoms with E-state index in [1.165, 1.54) is 0 Å². The van der Waals surface area contributed by atoms with E-state index in [9.17, 15) is 4.79 Å². The summed E-state index contributed by atoms with van der Waals surface area (Å²) in [5.74, 6) is -1.00. The Bertz CT molecular complexity index is 610. The zero-order chi connectivity index (χ0) is 11.5. The van der Waals surface area contributed by atoms with E-state index in [0.717, 1.165) is 10.4 Å². The van der Waals surface area contributed by atoms with Crippen LogP contribution in [0, 0.1) is 0 Å². The van der Waals surface area contributed by atoms with Gasteiger partial charge in [0.25, 0.3) is 0 Å². The molecule has 0 saturated carbocycles. The molecule has 0 unspecified atom stereocenters. The van der Waals surface area contributed by atoms with Crippen LogP contribution in [0.1, 0.15) is 10.4 Å². The Morgan fingerprint density at radius 1 is 1.00 bits per heavy atom. The molecule has 0 bridgehead atoms. The van der Waals surface area contributed by atoms with E-state index in [1.807, 2.05) is 36.5 Å². The summed E-state index contributed by atoms with van der Waals surface area (Å²) in [6, 6.07) is 3.27. The van der Waals surface area contributed by atoms with Crippen molar-refractivity contribution >= 4 is 23.8 Å². The van der Waals surface area contributed by atoms with Crippen molar-refractivity contribution in [3.05, 3.63) is 52.4 Å². The van der Waals surface area contributed by atoms with Crippen molar-refractivity contribution < 1.29 is 9.90 Å². The molecule has 16 heavy (non-hydrogen) atoms. The van der Waals surface area contributed by atoms with Crippen molar-refractivity contribution in [1.82, 2.24) is 0 Å². The average molecular weight is 213 g/mol. The van der Waals surface area contributed by atoms with Crippen molar-refractivity contribution in [2.75, 3.05) is 5.73 Å². The number of allylic oxidation sites excluding steroid dienone is 4. The third kappa shape index (κ3) is 1.88. The van der Waals surface area contributed by atoms with Crippen LogP contribution in [0.4, 0.5) is 5.69 Å². The number of anilines is 1. The number of benzene rings is 1. The Morgan fingerprint density at radius 3 is 2.12 bits per heavy atom. The largest absolute Gasteiger partial charge is 0.478 e. The van der Waals surface area contributed by atoms with Crippen LogP contribution in [0.3, 0.4) is 0 Å². The third-order valence-corrected chi connectivity index (χ3v) is 2.37. The Balaban J connectivity index is 2.79. The molecule has 0 heterocycles. The van der Waals surface area contributed by atoms with E-state index >= 15 is 0 Å². The zero-order valence-corrected chi connectivity index (χ0v) is 8.55. The van der Waals surface area contributed by atoms with Gasteiger partial charge in [-0.1, -0.05) is 36.5 Å². The second-order valence-electron chi connectivity index (χ2n) is 3.48. The molecular formula is C13H11NO2. The molecule has 3 N–H and O–H groups in total. The smallest absolute Gasteiger partial charge is 0.337 e. The van der Waals surface area contributed by atoms with Crippen molar-refractivity contribution in [1.29, 1.82) is 0 Å². The lowest BCUT2D eigenvalue weighted by molar-refractivity contribution is 0.0698. The maximum absolute atomic E-state index is 10.9. The summed E-state index contributed by atoms with van der Waals surface area (Å²) in [4.78, 5) is 10.9. The molecule has 3 nitrogen and oxygen atoms in total. The van der Waals surface area contributed by atoms with Crippen molar-refractivity contribution in [2.45, 2.75) is 0 Å². The highest BCUT2D eigenvalue weighted by Crippen LogP contribution is 2.05. The minimum atomic E-state index is -1.00. The topological polar surface area (TPSA) is 63.3 Å². The van der Waals surface area contributed by atoms with E-state index in [4.69, 9.17) is 10.8 Å². The zero-order valence-electron chi connectivity index (χ0n) is 8.55. The molecule has 1 aromatic carbocycles. The van der Waals surface area contributed by atoms with Gasteiger partial charge in [-0.3, -0.25) is 0 Å². The molecule has 0 atom stereocenters. The molecule has 0 amide bonds. The van der Waals surface area contributed by atoms with E-state index in [1.54, 1.807) is 12.1 Å². The second-order valence-corrected chi connectivity index (χ2v) is 3.48. The summed E-state index contributed by atoms with van der Waals surface area (Å²) in [6.45, 7) is 0. The first-order valence-electron chi connectivity index (χ1n) is 4.87. The summed E-state index contributed by atoms with van der Waals surface area (Å²) >= 11 is 0. The highest BCUT2D eigenvalue weighted by molar-refractivity contribution is 5.93. The molecule has 0 saturated heterocycles. The Morgan fingerprint density at radius 2 is 1.56 bits per heavy atom. The van der Waals surface area contributed by atoms with Crippen LogP contribution < -0.4 is 16.2 Å². The number of hydrogen-bond donors (Lipinski definition) is 2. The molecule has 0 radical (unpaired) electrons. The van der Waals surface area contributed by atoms with Gasteiger partial charge < -0.3 is 10.8 Å². The highest BCUT2D eigenvalue weighted by atomic mass is 16.4. The standard InChI is InChI=1S/C13H11NO2/c14-12-8-10-6-4-2-1-3-5-9(10)7-11(12)13(15)16/h1-8H,14H2,(H,15,16)/b2-1?,3-1-,4-2-,5-3?,6-4?,9-5-,10-6-. The van der Waals surface area contributed by atoms with Crippen LogP contribution in [0.5, 0.6) is 0 Å². The van der Waals surface area contributed by atoms with Crippen LogP contribution in [0.25, 0.3) is 12.2 Å². The summed E-state index contributed by atoms with van der Waals surface area (Å²) in [7, 11) is 0. The molecule has 2 rings (SSSR count). The van der Waals surface area contributed by atoms with Gasteiger partial charge in [0.2, 0.25) is 0 Å². The number of nitrogen functional groups attached to an aromatic ring is 1. The van der Waals surface area contributed by atoms with E-state index in [0.29, 0.717) is 0 Å². The lowest BCUT2D eigenvalue weighted by Crippen LogP contribution is -2.27. The Kier molecular flexibility index (Phi) is 2.60. The fraction of sp³-hybridized carbons (Fsp3) is 0. The summed E-state index contributed by atoms with van der Waals surface area (Å²) in [5, 5.41) is 10.7. The average Bonchev–Trinajstić information content (AvgIpc) is 2.20. The maximum atomic E-state index is 10.9. The van der Waals surface area contributed by atoms with Crippen LogP contribution in [-0.2, 0) is 0 Å². The van der Waals surface area contributed by atoms with Gasteiger partial charge >= 0.3 is 5.97 Å². The molecule has 0 aliphatic heterocycles. The monoisotopic (exact) mass is 213 g/mol. The molecule has 0 aromatic heterocycles. The van der Waals surface area contributed by atoms with E-state index in [-0.39, 0.29) is 11.3 Å². The fourth-order valence-corrected chi connectivity index (χ4v) is 1.57. The SMILES string of the molecule is Nc1cc2/c(cc1C(=O)O)=C\C=C/C=C\C=2. The van der Waals surface area contributed by atoms with Gasteiger partial charge in [-0.05, 0) is 22.6 Å². The maximum Gasteiger partial charge on any atom is 0.337 e. The number of nitrogens with two attached hydrogens (primary N) is 1. The predicted molar refractivity (Wildman–Crippen MR) is 64.3 cm³/mol. The highest BCUT2D eigenvalue weighted by Gasteiger charge is 2.07. The first-order valence-corrected chi connectivity index (χ1v) is 4.87. The van der Waals surface area contributed by atoms with Gasteiger partial charge in [0.1, 0.15) is 0 Å². The lowest BCUT2D eigenvalue weighted by atomic mass is 10.1. The number of carbonyl (C=O) groups is 1. The molecule has 1 aromatic rings. The number of rotatable bonds is 1. The molecule has 1 aliphatic rings. The normalized spacial score (nSPS) is 21.2. The van der Waals surface area contributed by atoms with E-state index < -0.39 is 5.97 Å². The number of carboxylic acid groups (broad SMARTS) is 1. The lowest BCUT2D eigenvalue weighted by Gasteiger charge is -2.01. The van der Waals surface area contributed by atoms with Gasteiger partial charge in [0.15, 0.2) is 0 Å². The Hall–Kier alpha value is -2.29. The summed E-state index contributed by atoms with van der Waals surface area (Å²) in [5.41, 5.74) is 6.10. The number of aromatic carboxylic acids is 1. The second kappa shape index (κ2) is 4.06. The number of carboxylic acids is 1. The molecule has 0 spiro atoms. The van der Waals surface area contributed by atoms with Crippen molar-refractivity contribution in [3.8, 4) is 0 Å². The minimum absolute atomic E-state index is 0.140. The summed E-state index contributed by atoms with van der Waals surface area (Å²) < 4.78 is 0. The number of fused-ring (bicyclic) bond motifs is 1. The van der Waals surface area contributed by atoms with Gasteiger partial charge in [-0.2, -0.15) is 0 Å². The number of hydrogen-bond acceptors (Lipinski definition) is 2. The molecule has 3 heteroatoms. The Labute approximate surface area is 92.5 Å². The van der Waals surface area contributed by atoms with Crippen LogP contribution >= 0.6 is 0 Å². The third-order valence-electron chi connectivity index (χ3n) is 2.37. The van der Waals surface area contributed by atoms with Crippen LogP contribution in [0.2, 0.25) is 0 Å². The molecule has 0 fully saturated rings. The van der Waals surface area contributed by atoms with E-state index in [2.05, 4.69) is 0 Å². The predicted octanol–water partition coefficient (Wildman–Crippen LogP) is 0.654. The first-order chi connectivity index (χ1) is 7.68. The van der Waals surface area contributed by atoms with Crippen molar-refractivity contribution in [3.63, 3.8) is 0 Å². The molecule has 1 aliphatic carbocycles. The van der Waals surface area contributed by atoms with Crippen molar-refractivity contribution in [2.24, 2.45) is 0 Å². The molecular weight excluding hydrogens is 202 g/mol. The minimum Gasteiger partial charge on any atom is -0.478 e. The van der Waals surface area contributed by atoms with Gasteiger partial charge in [0.05, 0.1) is 5.56 Å². The van der Waals surface area contributed by atoms with Crippen LogP contribution in [0.15, 0.2) is 36.4 Å². The van der Waals surface area contributed by atoms with Gasteiger partial charge in [0, 0.05) is 5.69 Å². The van der Waals surface area contributed by atoms with Gasteiger partial charge in [-0.25, -0.2) is 4.79 Å². The van der Waals surface area contributed by atoms with Crippen LogP contribution in [-0.4, -0.2) is 11.1 Å². The first kappa shape index (κ1) is 10.2.